The smallest absolute Gasteiger partial charge is 0.321 e. The molecule has 2 aliphatic heterocycles. The van der Waals surface area contributed by atoms with Gasteiger partial charge in [-0.2, -0.15) is 5.26 Å². The van der Waals surface area contributed by atoms with Crippen LogP contribution in [0.5, 0.6) is 0 Å². The van der Waals surface area contributed by atoms with Crippen LogP contribution in [-0.4, -0.2) is 65.4 Å². The number of carbonyl (C=O) groups is 2. The third-order valence-electron chi connectivity index (χ3n) is 8.85. The maximum absolute atomic E-state index is 12.5. The van der Waals surface area contributed by atoms with E-state index in [1.807, 2.05) is 0 Å². The van der Waals surface area contributed by atoms with Crippen LogP contribution in [0, 0.1) is 35.0 Å². The predicted octanol–water partition coefficient (Wildman–Crippen LogP) is 4.83. The lowest BCUT2D eigenvalue weighted by atomic mass is 9.83. The third-order valence-corrected chi connectivity index (χ3v) is 8.85. The number of ketones is 1. The molecule has 1 N–H and O–H groups in total. The number of benzene rings is 1. The Balaban J connectivity index is 1.21. The fourth-order valence-corrected chi connectivity index (χ4v) is 6.64. The van der Waals surface area contributed by atoms with E-state index in [4.69, 9.17) is 5.26 Å². The van der Waals surface area contributed by atoms with Crippen LogP contribution in [0.4, 0.5) is 0 Å². The highest BCUT2D eigenvalue weighted by Gasteiger charge is 2.41. The number of aliphatic carboxylic acids is 1. The number of carbonyl (C=O) groups excluding carboxylic acids is 1. The Hall–Kier alpha value is -2.23. The summed E-state index contributed by atoms with van der Waals surface area (Å²) in [7, 11) is 0. The van der Waals surface area contributed by atoms with Crippen molar-refractivity contribution in [2.24, 2.45) is 23.7 Å². The Morgan fingerprint density at radius 2 is 1.74 bits per heavy atom. The number of Topliss-reactive ketones (excluding diaryl/α,β-unsaturated/α-hetero) is 1. The SMILES string of the molecule is CC1CN(C(C(=O)O)C2CCCCC2)CC1CN1CCC(CCC(=O)c2ccc(C#N)cc2)CC1. The van der Waals surface area contributed by atoms with Crippen molar-refractivity contribution in [2.75, 3.05) is 32.7 Å². The molecule has 0 bridgehead atoms. The highest BCUT2D eigenvalue weighted by molar-refractivity contribution is 5.96. The quantitative estimate of drug-likeness (QED) is 0.511. The zero-order valence-electron chi connectivity index (χ0n) is 21.2. The van der Waals surface area contributed by atoms with Crippen LogP contribution in [0.25, 0.3) is 0 Å². The number of piperidine rings is 1. The Morgan fingerprint density at radius 3 is 2.37 bits per heavy atom. The van der Waals surface area contributed by atoms with Crippen molar-refractivity contribution in [3.63, 3.8) is 0 Å². The molecule has 3 atom stereocenters. The number of hydrogen-bond acceptors (Lipinski definition) is 5. The van der Waals surface area contributed by atoms with Crippen molar-refractivity contribution in [3.05, 3.63) is 35.4 Å². The number of rotatable bonds is 9. The number of nitrogens with zero attached hydrogens (tertiary/aromatic N) is 3. The minimum atomic E-state index is -0.624. The molecule has 0 aromatic heterocycles. The zero-order chi connectivity index (χ0) is 24.8. The van der Waals surface area contributed by atoms with Crippen molar-refractivity contribution >= 4 is 11.8 Å². The molecule has 0 radical (unpaired) electrons. The van der Waals surface area contributed by atoms with Gasteiger partial charge in [-0.1, -0.05) is 38.3 Å². The van der Waals surface area contributed by atoms with Crippen molar-refractivity contribution in [2.45, 2.75) is 70.8 Å². The van der Waals surface area contributed by atoms with Crippen LogP contribution >= 0.6 is 0 Å². The second-order valence-corrected chi connectivity index (χ2v) is 11.3. The monoisotopic (exact) mass is 479 g/mol. The van der Waals surface area contributed by atoms with Gasteiger partial charge in [0.15, 0.2) is 5.78 Å². The molecule has 2 heterocycles. The second kappa shape index (κ2) is 12.1. The van der Waals surface area contributed by atoms with Crippen molar-refractivity contribution in [1.82, 2.24) is 9.80 Å². The van der Waals surface area contributed by atoms with E-state index in [9.17, 15) is 14.7 Å². The van der Waals surface area contributed by atoms with Crippen LogP contribution in [-0.2, 0) is 4.79 Å². The van der Waals surface area contributed by atoms with Crippen LogP contribution in [0.3, 0.4) is 0 Å². The maximum Gasteiger partial charge on any atom is 0.321 e. The lowest BCUT2D eigenvalue weighted by Crippen LogP contribution is -2.46. The first-order valence-electron chi connectivity index (χ1n) is 13.7. The molecule has 3 unspecified atom stereocenters. The average molecular weight is 480 g/mol. The van der Waals surface area contributed by atoms with E-state index in [-0.39, 0.29) is 11.8 Å². The van der Waals surface area contributed by atoms with Gasteiger partial charge < -0.3 is 10.0 Å². The van der Waals surface area contributed by atoms with Gasteiger partial charge in [-0.3, -0.25) is 14.5 Å². The van der Waals surface area contributed by atoms with Gasteiger partial charge in [0.25, 0.3) is 0 Å². The molecular weight excluding hydrogens is 438 g/mol. The molecule has 0 amide bonds. The normalized spacial score (nSPS) is 25.8. The fraction of sp³-hybridized carbons (Fsp3) is 0.690. The topological polar surface area (TPSA) is 84.6 Å². The van der Waals surface area contributed by atoms with E-state index in [0.717, 1.165) is 64.8 Å². The van der Waals surface area contributed by atoms with Gasteiger partial charge in [-0.15, -0.1) is 0 Å². The molecule has 2 saturated heterocycles. The maximum atomic E-state index is 12.5. The predicted molar refractivity (Wildman–Crippen MR) is 136 cm³/mol. The summed E-state index contributed by atoms with van der Waals surface area (Å²) < 4.78 is 0. The van der Waals surface area contributed by atoms with Crippen molar-refractivity contribution in [3.8, 4) is 6.07 Å². The summed E-state index contributed by atoms with van der Waals surface area (Å²) in [4.78, 5) is 29.5. The lowest BCUT2D eigenvalue weighted by Gasteiger charge is -2.35. The second-order valence-electron chi connectivity index (χ2n) is 11.3. The molecular formula is C29H41N3O3. The molecule has 3 fully saturated rings. The van der Waals surface area contributed by atoms with Crippen LogP contribution in [0.1, 0.15) is 80.6 Å². The molecule has 4 rings (SSSR count). The summed E-state index contributed by atoms with van der Waals surface area (Å²) in [5, 5.41) is 18.9. The Morgan fingerprint density at radius 1 is 1.06 bits per heavy atom. The first-order chi connectivity index (χ1) is 16.9. The summed E-state index contributed by atoms with van der Waals surface area (Å²) in [5.74, 6) is 1.52. The van der Waals surface area contributed by atoms with E-state index >= 15 is 0 Å². The number of likely N-dealkylation sites (tertiary alicyclic amines) is 2. The molecule has 6 nitrogen and oxygen atoms in total. The molecule has 6 heteroatoms. The van der Waals surface area contributed by atoms with Crippen molar-refractivity contribution in [1.29, 1.82) is 5.26 Å². The summed E-state index contributed by atoms with van der Waals surface area (Å²) in [6.45, 7) is 7.32. The standard InChI is InChI=1S/C29H41N3O3/c1-21-18-32(28(29(34)35)25-5-3-2-4-6-25)20-26(21)19-31-15-13-22(14-16-31)9-12-27(33)24-10-7-23(17-30)8-11-24/h7-8,10-11,21-22,25-26,28H,2-6,9,12-16,18-20H2,1H3,(H,34,35). The van der Waals surface area contributed by atoms with Gasteiger partial charge in [0, 0.05) is 31.6 Å². The molecule has 1 saturated carbocycles. The fourth-order valence-electron chi connectivity index (χ4n) is 6.64. The van der Waals surface area contributed by atoms with Gasteiger partial charge in [-0.25, -0.2) is 0 Å². The van der Waals surface area contributed by atoms with E-state index in [0.29, 0.717) is 41.2 Å². The summed E-state index contributed by atoms with van der Waals surface area (Å²) >= 11 is 0. The summed E-state index contributed by atoms with van der Waals surface area (Å²) in [6, 6.07) is 8.74. The number of hydrogen-bond donors (Lipinski definition) is 1. The van der Waals surface area contributed by atoms with Gasteiger partial charge in [0.05, 0.1) is 11.6 Å². The van der Waals surface area contributed by atoms with E-state index in [2.05, 4.69) is 22.8 Å². The van der Waals surface area contributed by atoms with Crippen LogP contribution < -0.4 is 0 Å². The largest absolute Gasteiger partial charge is 0.480 e. The van der Waals surface area contributed by atoms with Gasteiger partial charge in [-0.05, 0) is 81.0 Å². The minimum absolute atomic E-state index is 0.169. The molecule has 1 aromatic rings. The summed E-state index contributed by atoms with van der Waals surface area (Å²) in [6.07, 6.45) is 9.49. The Labute approximate surface area is 210 Å². The lowest BCUT2D eigenvalue weighted by molar-refractivity contribution is -0.145. The van der Waals surface area contributed by atoms with Crippen molar-refractivity contribution < 1.29 is 14.7 Å². The number of carboxylic acids is 1. The molecule has 190 valence electrons. The van der Waals surface area contributed by atoms with E-state index in [1.165, 1.54) is 19.3 Å². The first kappa shape index (κ1) is 25.9. The molecule has 1 aliphatic carbocycles. The minimum Gasteiger partial charge on any atom is -0.480 e. The molecule has 1 aromatic carbocycles. The third kappa shape index (κ3) is 6.71. The highest BCUT2D eigenvalue weighted by atomic mass is 16.4. The molecule has 3 aliphatic rings. The van der Waals surface area contributed by atoms with Gasteiger partial charge >= 0.3 is 5.97 Å². The average Bonchev–Trinajstić information content (AvgIpc) is 3.23. The van der Waals surface area contributed by atoms with Crippen LogP contribution in [0.15, 0.2) is 24.3 Å². The molecule has 35 heavy (non-hydrogen) atoms. The Kier molecular flexibility index (Phi) is 8.97. The molecule has 0 spiro atoms. The zero-order valence-corrected chi connectivity index (χ0v) is 21.2. The highest BCUT2D eigenvalue weighted by Crippen LogP contribution is 2.34. The summed E-state index contributed by atoms with van der Waals surface area (Å²) in [5.41, 5.74) is 1.29. The van der Waals surface area contributed by atoms with Gasteiger partial charge in [0.2, 0.25) is 0 Å². The van der Waals surface area contributed by atoms with Crippen LogP contribution in [0.2, 0.25) is 0 Å². The number of carboxylic acid groups (broad SMARTS) is 1. The first-order valence-corrected chi connectivity index (χ1v) is 13.7. The van der Waals surface area contributed by atoms with E-state index < -0.39 is 5.97 Å². The number of nitriles is 1. The van der Waals surface area contributed by atoms with E-state index in [1.54, 1.807) is 24.3 Å². The Bertz CT molecular complexity index is 895. The van der Waals surface area contributed by atoms with Gasteiger partial charge in [0.1, 0.15) is 6.04 Å².